The Labute approximate surface area is 82.5 Å². The molecule has 74 valence electrons. The number of methoxy groups -OCH3 is 1. The first-order valence-electron chi connectivity index (χ1n) is 4.40. The molecule has 0 saturated heterocycles. The van der Waals surface area contributed by atoms with Gasteiger partial charge in [-0.25, -0.2) is 0 Å². The van der Waals surface area contributed by atoms with Crippen LogP contribution >= 0.6 is 0 Å². The minimum absolute atomic E-state index is 0.0187. The molecule has 0 spiro atoms. The van der Waals surface area contributed by atoms with Gasteiger partial charge in [0, 0.05) is 13.1 Å². The summed E-state index contributed by atoms with van der Waals surface area (Å²) in [7, 11) is 3.51. The van der Waals surface area contributed by atoms with Crippen molar-refractivity contribution < 1.29 is 9.53 Å². The summed E-state index contributed by atoms with van der Waals surface area (Å²) in [5.41, 5.74) is 1.83. The fraction of sp³-hybridized carbons (Fsp3) is 0.300. The van der Waals surface area contributed by atoms with Crippen molar-refractivity contribution >= 4 is 17.3 Å². The zero-order chi connectivity index (χ0) is 10.1. The lowest BCUT2D eigenvalue weighted by Crippen LogP contribution is -2.35. The summed E-state index contributed by atoms with van der Waals surface area (Å²) < 4.78 is 5.12. The minimum Gasteiger partial charge on any atom is -0.497 e. The summed E-state index contributed by atoms with van der Waals surface area (Å²) in [4.78, 5) is 13.1. The van der Waals surface area contributed by atoms with Crippen molar-refractivity contribution in [3.63, 3.8) is 0 Å². The number of carbonyl (C=O) groups is 1. The number of amides is 1. The highest BCUT2D eigenvalue weighted by molar-refractivity contribution is 6.01. The first kappa shape index (κ1) is 8.87. The zero-order valence-electron chi connectivity index (χ0n) is 8.20. The third-order valence-corrected chi connectivity index (χ3v) is 2.27. The number of nitrogens with zero attached hydrogens (tertiary/aromatic N) is 1. The lowest BCUT2D eigenvalue weighted by atomic mass is 10.2. The summed E-state index contributed by atoms with van der Waals surface area (Å²) >= 11 is 0. The molecule has 4 heteroatoms. The van der Waals surface area contributed by atoms with Gasteiger partial charge >= 0.3 is 0 Å². The molecule has 0 radical (unpaired) electrons. The molecule has 1 aliphatic heterocycles. The second-order valence-corrected chi connectivity index (χ2v) is 3.29. The highest BCUT2D eigenvalue weighted by Crippen LogP contribution is 2.31. The van der Waals surface area contributed by atoms with E-state index < -0.39 is 0 Å². The Kier molecular flexibility index (Phi) is 2.04. The molecule has 14 heavy (non-hydrogen) atoms. The first-order valence-corrected chi connectivity index (χ1v) is 4.40. The van der Waals surface area contributed by atoms with E-state index in [1.807, 2.05) is 30.1 Å². The monoisotopic (exact) mass is 192 g/mol. The Bertz CT molecular complexity index is 376. The van der Waals surface area contributed by atoms with Gasteiger partial charge in [0.25, 0.3) is 0 Å². The number of rotatable bonds is 1. The molecule has 2 rings (SSSR count). The van der Waals surface area contributed by atoms with Gasteiger partial charge in [-0.1, -0.05) is 0 Å². The topological polar surface area (TPSA) is 41.6 Å². The van der Waals surface area contributed by atoms with Crippen molar-refractivity contribution in [1.29, 1.82) is 0 Å². The molecule has 1 aromatic rings. The quantitative estimate of drug-likeness (QED) is 0.724. The molecule has 4 nitrogen and oxygen atoms in total. The number of hydrogen-bond donors (Lipinski definition) is 1. The molecule has 0 aromatic heterocycles. The van der Waals surface area contributed by atoms with Crippen LogP contribution in [0.25, 0.3) is 0 Å². The van der Waals surface area contributed by atoms with E-state index in [1.165, 1.54) is 0 Å². The van der Waals surface area contributed by atoms with Gasteiger partial charge in [0.2, 0.25) is 5.91 Å². The van der Waals surface area contributed by atoms with E-state index in [1.54, 1.807) is 7.11 Å². The second kappa shape index (κ2) is 3.21. The van der Waals surface area contributed by atoms with Gasteiger partial charge in [0.1, 0.15) is 5.75 Å². The molecule has 1 heterocycles. The molecule has 0 aliphatic carbocycles. The third kappa shape index (κ3) is 1.39. The van der Waals surface area contributed by atoms with Gasteiger partial charge in [-0.15, -0.1) is 0 Å². The van der Waals surface area contributed by atoms with Gasteiger partial charge in [-0.3, -0.25) is 4.79 Å². The van der Waals surface area contributed by atoms with Crippen LogP contribution in [-0.2, 0) is 4.79 Å². The van der Waals surface area contributed by atoms with E-state index >= 15 is 0 Å². The normalized spacial score (nSPS) is 14.7. The lowest BCUT2D eigenvalue weighted by molar-refractivity contribution is -0.115. The molecular formula is C10H12N2O2. The van der Waals surface area contributed by atoms with Gasteiger partial charge in [0.05, 0.1) is 25.0 Å². The van der Waals surface area contributed by atoms with Crippen molar-refractivity contribution in [3.8, 4) is 5.75 Å². The average Bonchev–Trinajstić information content (AvgIpc) is 2.17. The van der Waals surface area contributed by atoms with Crippen LogP contribution in [0.5, 0.6) is 5.75 Å². The maximum atomic E-state index is 11.2. The highest BCUT2D eigenvalue weighted by atomic mass is 16.5. The molecule has 0 unspecified atom stereocenters. The number of benzene rings is 1. The Morgan fingerprint density at radius 3 is 3.00 bits per heavy atom. The molecule has 1 aliphatic rings. The van der Waals surface area contributed by atoms with E-state index in [4.69, 9.17) is 4.74 Å². The van der Waals surface area contributed by atoms with Crippen molar-refractivity contribution in [1.82, 2.24) is 0 Å². The largest absolute Gasteiger partial charge is 0.497 e. The van der Waals surface area contributed by atoms with Gasteiger partial charge in [-0.2, -0.15) is 0 Å². The lowest BCUT2D eigenvalue weighted by Gasteiger charge is -2.27. The molecular weight excluding hydrogens is 180 g/mol. The fourth-order valence-corrected chi connectivity index (χ4v) is 1.55. The average molecular weight is 192 g/mol. The molecule has 0 saturated carbocycles. The standard InChI is InChI=1S/C10H12N2O2/c1-12-6-10(13)11-8-4-3-7(14-2)5-9(8)12/h3-5H,6H2,1-2H3,(H,11,13). The molecule has 0 bridgehead atoms. The summed E-state index contributed by atoms with van der Waals surface area (Å²) in [6, 6.07) is 5.59. The number of carbonyl (C=O) groups excluding carboxylic acids is 1. The Balaban J connectivity index is 2.44. The number of ether oxygens (including phenoxy) is 1. The van der Waals surface area contributed by atoms with Crippen LogP contribution in [-0.4, -0.2) is 26.6 Å². The van der Waals surface area contributed by atoms with Gasteiger partial charge < -0.3 is 15.0 Å². The Hall–Kier alpha value is -1.71. The van der Waals surface area contributed by atoms with Crippen molar-refractivity contribution in [2.45, 2.75) is 0 Å². The highest BCUT2D eigenvalue weighted by Gasteiger charge is 2.18. The second-order valence-electron chi connectivity index (χ2n) is 3.29. The van der Waals surface area contributed by atoms with E-state index in [9.17, 15) is 4.79 Å². The minimum atomic E-state index is 0.0187. The summed E-state index contributed by atoms with van der Waals surface area (Å²) in [6.07, 6.45) is 0. The van der Waals surface area contributed by atoms with Crippen LogP contribution in [0.4, 0.5) is 11.4 Å². The van der Waals surface area contributed by atoms with Crippen LogP contribution in [0.15, 0.2) is 18.2 Å². The molecule has 0 atom stereocenters. The summed E-state index contributed by atoms with van der Waals surface area (Å²) in [6.45, 7) is 0.389. The van der Waals surface area contributed by atoms with Crippen LogP contribution in [0.3, 0.4) is 0 Å². The van der Waals surface area contributed by atoms with Crippen LogP contribution in [0, 0.1) is 0 Å². The molecule has 1 amide bonds. The maximum absolute atomic E-state index is 11.2. The predicted octanol–water partition coefficient (Wildman–Crippen LogP) is 1.08. The van der Waals surface area contributed by atoms with Crippen LogP contribution < -0.4 is 15.0 Å². The summed E-state index contributed by atoms with van der Waals surface area (Å²) in [5.74, 6) is 0.817. The number of hydrogen-bond acceptors (Lipinski definition) is 3. The van der Waals surface area contributed by atoms with Crippen LogP contribution in [0.1, 0.15) is 0 Å². The van der Waals surface area contributed by atoms with Crippen molar-refractivity contribution in [2.75, 3.05) is 30.9 Å². The van der Waals surface area contributed by atoms with E-state index in [2.05, 4.69) is 5.32 Å². The maximum Gasteiger partial charge on any atom is 0.243 e. The number of nitrogens with one attached hydrogen (secondary N) is 1. The number of fused-ring (bicyclic) bond motifs is 1. The van der Waals surface area contributed by atoms with E-state index in [-0.39, 0.29) is 5.91 Å². The summed E-state index contributed by atoms with van der Waals surface area (Å²) in [5, 5.41) is 2.81. The smallest absolute Gasteiger partial charge is 0.243 e. The SMILES string of the molecule is COc1ccc2c(c1)N(C)CC(=O)N2. The van der Waals surface area contributed by atoms with E-state index in [0.717, 1.165) is 17.1 Å². The fourth-order valence-electron chi connectivity index (χ4n) is 1.55. The third-order valence-electron chi connectivity index (χ3n) is 2.27. The predicted molar refractivity (Wildman–Crippen MR) is 54.9 cm³/mol. The number of anilines is 2. The molecule has 1 N–H and O–H groups in total. The molecule has 0 fully saturated rings. The van der Waals surface area contributed by atoms with Crippen molar-refractivity contribution in [2.24, 2.45) is 0 Å². The molecule has 1 aromatic carbocycles. The Morgan fingerprint density at radius 2 is 2.29 bits per heavy atom. The van der Waals surface area contributed by atoms with Crippen LogP contribution in [0.2, 0.25) is 0 Å². The first-order chi connectivity index (χ1) is 6.70. The van der Waals surface area contributed by atoms with Gasteiger partial charge in [-0.05, 0) is 12.1 Å². The van der Waals surface area contributed by atoms with Gasteiger partial charge in [0.15, 0.2) is 0 Å². The number of likely N-dealkylation sites (N-methyl/N-ethyl adjacent to an activating group) is 1. The van der Waals surface area contributed by atoms with E-state index in [0.29, 0.717) is 6.54 Å². The zero-order valence-corrected chi connectivity index (χ0v) is 8.20. The Morgan fingerprint density at radius 1 is 1.50 bits per heavy atom. The van der Waals surface area contributed by atoms with Crippen molar-refractivity contribution in [3.05, 3.63) is 18.2 Å².